The molecule has 128 valence electrons. The monoisotopic (exact) mass is 327 g/mol. The van der Waals surface area contributed by atoms with Crippen molar-refractivity contribution in [3.8, 4) is 11.8 Å². The number of carbonyl (C=O) groups excluding carboxylic acids is 1. The molecule has 0 radical (unpaired) electrons. The van der Waals surface area contributed by atoms with Crippen LogP contribution >= 0.6 is 0 Å². The van der Waals surface area contributed by atoms with Crippen LogP contribution in [0.2, 0.25) is 0 Å². The Morgan fingerprint density at radius 2 is 2.17 bits per heavy atom. The molecule has 1 aromatic carbocycles. The standard InChI is InChI=1S/C20H25NO3/c1-2-24-20(23)11-16-5-3-15(4-6-16)7-8-18-13-21-10-9-17(18)12-19(21)14-22/h3-6,17-19,22H,2,9-14H2,1H3/t17?,18-,19-/m0/s1. The first kappa shape index (κ1) is 17.0. The first-order chi connectivity index (χ1) is 11.7. The molecule has 0 aromatic heterocycles. The summed E-state index contributed by atoms with van der Waals surface area (Å²) in [6.07, 6.45) is 2.56. The summed E-state index contributed by atoms with van der Waals surface area (Å²) in [4.78, 5) is 13.9. The number of aliphatic hydroxyl groups excluding tert-OH is 1. The zero-order chi connectivity index (χ0) is 16.9. The predicted molar refractivity (Wildman–Crippen MR) is 92.3 cm³/mol. The number of piperidine rings is 3. The number of carbonyl (C=O) groups is 1. The maximum atomic E-state index is 11.5. The number of nitrogens with zero attached hydrogens (tertiary/aromatic N) is 1. The zero-order valence-electron chi connectivity index (χ0n) is 14.2. The molecule has 0 saturated carbocycles. The molecular formula is C20H25NO3. The van der Waals surface area contributed by atoms with Crippen molar-refractivity contribution in [2.75, 3.05) is 26.3 Å². The molecule has 2 bridgehead atoms. The van der Waals surface area contributed by atoms with Crippen molar-refractivity contribution in [3.63, 3.8) is 0 Å². The van der Waals surface area contributed by atoms with E-state index in [0.29, 0.717) is 30.9 Å². The molecule has 4 rings (SSSR count). The van der Waals surface area contributed by atoms with Crippen molar-refractivity contribution >= 4 is 5.97 Å². The highest BCUT2D eigenvalue weighted by molar-refractivity contribution is 5.72. The highest BCUT2D eigenvalue weighted by Gasteiger charge is 2.38. The number of hydrogen-bond donors (Lipinski definition) is 1. The SMILES string of the molecule is CCOC(=O)Cc1ccc(C#C[C@H]2CN3CCC2C[C@H]3CO)cc1. The Morgan fingerprint density at radius 1 is 1.38 bits per heavy atom. The van der Waals surface area contributed by atoms with Gasteiger partial charge in [0.15, 0.2) is 0 Å². The third kappa shape index (κ3) is 3.98. The van der Waals surface area contributed by atoms with E-state index in [1.807, 2.05) is 31.2 Å². The van der Waals surface area contributed by atoms with Gasteiger partial charge in [0, 0.05) is 24.1 Å². The van der Waals surface area contributed by atoms with E-state index in [1.54, 1.807) is 0 Å². The van der Waals surface area contributed by atoms with E-state index < -0.39 is 0 Å². The van der Waals surface area contributed by atoms with Crippen molar-refractivity contribution in [1.82, 2.24) is 4.90 Å². The molecule has 0 amide bonds. The number of benzene rings is 1. The van der Waals surface area contributed by atoms with Gasteiger partial charge in [0.1, 0.15) is 0 Å². The molecule has 1 N–H and O–H groups in total. The first-order valence-corrected chi connectivity index (χ1v) is 8.80. The summed E-state index contributed by atoms with van der Waals surface area (Å²) in [5, 5.41) is 9.42. The van der Waals surface area contributed by atoms with Gasteiger partial charge < -0.3 is 9.84 Å². The number of aliphatic hydroxyl groups is 1. The number of rotatable bonds is 4. The normalized spacial score (nSPS) is 28.1. The second-order valence-corrected chi connectivity index (χ2v) is 6.67. The Balaban J connectivity index is 1.59. The van der Waals surface area contributed by atoms with Gasteiger partial charge in [0.2, 0.25) is 0 Å². The molecule has 1 aromatic rings. The molecule has 4 heteroatoms. The molecule has 4 atom stereocenters. The molecule has 3 heterocycles. The maximum Gasteiger partial charge on any atom is 0.310 e. The molecule has 0 spiro atoms. The van der Waals surface area contributed by atoms with Crippen LogP contribution in [0.3, 0.4) is 0 Å². The van der Waals surface area contributed by atoms with Crippen LogP contribution in [0.5, 0.6) is 0 Å². The highest BCUT2D eigenvalue weighted by atomic mass is 16.5. The molecule has 3 aliphatic heterocycles. The average Bonchev–Trinajstić information content (AvgIpc) is 2.61. The number of ether oxygens (including phenoxy) is 1. The largest absolute Gasteiger partial charge is 0.466 e. The number of esters is 1. The van der Waals surface area contributed by atoms with Crippen molar-refractivity contribution < 1.29 is 14.6 Å². The molecule has 24 heavy (non-hydrogen) atoms. The minimum Gasteiger partial charge on any atom is -0.466 e. The van der Waals surface area contributed by atoms with Gasteiger partial charge in [0.25, 0.3) is 0 Å². The molecular weight excluding hydrogens is 302 g/mol. The Hall–Kier alpha value is -1.83. The fraction of sp³-hybridized carbons (Fsp3) is 0.550. The van der Waals surface area contributed by atoms with Crippen LogP contribution < -0.4 is 0 Å². The van der Waals surface area contributed by atoms with Crippen molar-refractivity contribution in [2.45, 2.75) is 32.2 Å². The topological polar surface area (TPSA) is 49.8 Å². The molecule has 2 unspecified atom stereocenters. The smallest absolute Gasteiger partial charge is 0.310 e. The lowest BCUT2D eigenvalue weighted by Crippen LogP contribution is -2.54. The lowest BCUT2D eigenvalue weighted by molar-refractivity contribution is -0.142. The van der Waals surface area contributed by atoms with Crippen LogP contribution in [0, 0.1) is 23.7 Å². The fourth-order valence-corrected chi connectivity index (χ4v) is 3.75. The van der Waals surface area contributed by atoms with Gasteiger partial charge >= 0.3 is 5.97 Å². The summed E-state index contributed by atoms with van der Waals surface area (Å²) < 4.78 is 4.96. The summed E-state index contributed by atoms with van der Waals surface area (Å²) in [6.45, 7) is 4.56. The van der Waals surface area contributed by atoms with Crippen molar-refractivity contribution in [3.05, 3.63) is 35.4 Å². The second kappa shape index (κ2) is 7.83. The van der Waals surface area contributed by atoms with Gasteiger partial charge in [-0.25, -0.2) is 0 Å². The third-order valence-electron chi connectivity index (χ3n) is 5.10. The Labute approximate surface area is 143 Å². The minimum absolute atomic E-state index is 0.193. The molecule has 3 aliphatic rings. The fourth-order valence-electron chi connectivity index (χ4n) is 3.75. The summed E-state index contributed by atoms with van der Waals surface area (Å²) in [5.41, 5.74) is 1.94. The van der Waals surface area contributed by atoms with E-state index in [-0.39, 0.29) is 12.6 Å². The summed E-state index contributed by atoms with van der Waals surface area (Å²) >= 11 is 0. The van der Waals surface area contributed by atoms with Crippen LogP contribution in [-0.4, -0.2) is 48.3 Å². The lowest BCUT2D eigenvalue weighted by Gasteiger charge is -2.47. The van der Waals surface area contributed by atoms with E-state index in [2.05, 4.69) is 16.7 Å². The number of fused-ring (bicyclic) bond motifs is 3. The average molecular weight is 327 g/mol. The van der Waals surface area contributed by atoms with E-state index in [0.717, 1.165) is 30.6 Å². The van der Waals surface area contributed by atoms with Crippen LogP contribution in [0.25, 0.3) is 0 Å². The van der Waals surface area contributed by atoms with Gasteiger partial charge in [0.05, 0.1) is 19.6 Å². The third-order valence-corrected chi connectivity index (χ3v) is 5.10. The summed E-state index contributed by atoms with van der Waals surface area (Å²) in [5.74, 6) is 7.54. The number of hydrogen-bond acceptors (Lipinski definition) is 4. The maximum absolute atomic E-state index is 11.5. The zero-order valence-corrected chi connectivity index (χ0v) is 14.2. The van der Waals surface area contributed by atoms with Crippen LogP contribution in [0.4, 0.5) is 0 Å². The van der Waals surface area contributed by atoms with E-state index in [1.165, 1.54) is 6.42 Å². The Morgan fingerprint density at radius 3 is 2.79 bits per heavy atom. The van der Waals surface area contributed by atoms with Gasteiger partial charge in [-0.1, -0.05) is 24.0 Å². The van der Waals surface area contributed by atoms with Gasteiger partial charge in [-0.3, -0.25) is 9.69 Å². The van der Waals surface area contributed by atoms with E-state index >= 15 is 0 Å². The first-order valence-electron chi connectivity index (χ1n) is 8.80. The van der Waals surface area contributed by atoms with Crippen LogP contribution in [-0.2, 0) is 16.0 Å². The van der Waals surface area contributed by atoms with Crippen molar-refractivity contribution in [1.29, 1.82) is 0 Å². The lowest BCUT2D eigenvalue weighted by atomic mass is 9.76. The van der Waals surface area contributed by atoms with E-state index in [9.17, 15) is 9.90 Å². The molecule has 3 fully saturated rings. The molecule has 0 aliphatic carbocycles. The van der Waals surface area contributed by atoms with Gasteiger partial charge in [-0.15, -0.1) is 0 Å². The molecule has 4 nitrogen and oxygen atoms in total. The Kier molecular flexibility index (Phi) is 5.55. The van der Waals surface area contributed by atoms with E-state index in [4.69, 9.17) is 4.74 Å². The van der Waals surface area contributed by atoms with Crippen LogP contribution in [0.15, 0.2) is 24.3 Å². The predicted octanol–water partition coefficient (Wildman–Crippen LogP) is 1.85. The summed E-state index contributed by atoms with van der Waals surface area (Å²) in [6, 6.07) is 8.17. The minimum atomic E-state index is -0.193. The molecule has 3 saturated heterocycles. The Bertz CT molecular complexity index is 629. The van der Waals surface area contributed by atoms with Gasteiger partial charge in [-0.05, 0) is 49.9 Å². The second-order valence-electron chi connectivity index (χ2n) is 6.67. The summed E-state index contributed by atoms with van der Waals surface area (Å²) in [7, 11) is 0. The van der Waals surface area contributed by atoms with Gasteiger partial charge in [-0.2, -0.15) is 0 Å². The van der Waals surface area contributed by atoms with Crippen molar-refractivity contribution in [2.24, 2.45) is 11.8 Å². The highest BCUT2D eigenvalue weighted by Crippen LogP contribution is 2.35. The quantitative estimate of drug-likeness (QED) is 0.677. The van der Waals surface area contributed by atoms with Crippen LogP contribution in [0.1, 0.15) is 30.9 Å².